The van der Waals surface area contributed by atoms with E-state index in [4.69, 9.17) is 23.2 Å². The van der Waals surface area contributed by atoms with Crippen molar-refractivity contribution in [1.82, 2.24) is 29.9 Å². The first-order chi connectivity index (χ1) is 25.6. The number of aryl methyl sites for hydroxylation is 2. The monoisotopic (exact) mass is 830 g/mol. The molecule has 0 amide bonds. The molecule has 55 heavy (non-hydrogen) atoms. The third kappa shape index (κ3) is 10.9. The molecule has 0 unspecified atom stereocenters. The summed E-state index contributed by atoms with van der Waals surface area (Å²) in [5.74, 6) is 0.140. The third-order valence-electron chi connectivity index (χ3n) is 7.53. The molecule has 0 radical (unpaired) electrons. The van der Waals surface area contributed by atoms with Gasteiger partial charge in [-0.1, -0.05) is 60.7 Å². The number of hydrogen-bond donors (Lipinski definition) is 5. The van der Waals surface area contributed by atoms with Gasteiger partial charge in [-0.25, -0.2) is 8.42 Å². The van der Waals surface area contributed by atoms with Gasteiger partial charge in [-0.2, -0.15) is 38.3 Å². The predicted octanol–water partition coefficient (Wildman–Crippen LogP) is 6.74. The molecule has 5 N–H and O–H groups in total. The van der Waals surface area contributed by atoms with Crippen LogP contribution in [0.15, 0.2) is 94.7 Å². The zero-order valence-corrected chi connectivity index (χ0v) is 31.1. The molecule has 0 aliphatic heterocycles. The number of aromatic nitrogens is 6. The Labute approximate surface area is 349 Å². The molecule has 4 aromatic carbocycles. The predicted molar refractivity (Wildman–Crippen MR) is 213 cm³/mol. The van der Waals surface area contributed by atoms with E-state index in [1.165, 1.54) is 36.4 Å². The van der Waals surface area contributed by atoms with Crippen LogP contribution >= 0.6 is 23.2 Å². The van der Waals surface area contributed by atoms with E-state index in [-0.39, 0.29) is 87.8 Å². The number of para-hydroxylation sites is 2. The normalized spacial score (nSPS) is 11.5. The number of nitrogens with one attached hydrogen (secondary N) is 4. The van der Waals surface area contributed by atoms with Crippen molar-refractivity contribution in [2.45, 2.75) is 23.6 Å². The van der Waals surface area contributed by atoms with Crippen LogP contribution in [-0.2, 0) is 20.2 Å². The van der Waals surface area contributed by atoms with Crippen LogP contribution in [0.2, 0.25) is 10.6 Å². The van der Waals surface area contributed by atoms with Crippen molar-refractivity contribution in [2.75, 3.05) is 21.3 Å². The van der Waals surface area contributed by atoms with Crippen LogP contribution in [0, 0.1) is 13.8 Å². The molecule has 0 spiro atoms. The number of rotatable bonds is 12. The number of halogens is 2. The van der Waals surface area contributed by atoms with Gasteiger partial charge in [0.1, 0.15) is 15.0 Å². The standard InChI is InChI=1S/C34H28Cl2N10O6S2.Na.H/c1-19-7-3-5-9-25(19)39-33-43-29(35)41-31(45-33)37-23-15-13-21(27(17-23)53(47,48)49)11-12-22-14-16-24(18-28(22)54(50,51)52)38-32-42-30(36)44-34(46-32)40-26-10-6-4-8-20(26)2;;/h3-18H,1-2H3,(H,47,48,49)(H,50,51,52)(H2,37,39,41,43,45)(H2,38,40,42,44,46);;. The zero-order valence-electron chi connectivity index (χ0n) is 29.0. The molecule has 278 valence electrons. The second-order valence-electron chi connectivity index (χ2n) is 11.4. The van der Waals surface area contributed by atoms with Crippen molar-refractivity contribution in [3.05, 3.63) is 118 Å². The second-order valence-corrected chi connectivity index (χ2v) is 14.8. The molecule has 0 aliphatic rings. The van der Waals surface area contributed by atoms with E-state index in [0.717, 1.165) is 34.6 Å². The minimum absolute atomic E-state index is 0. The fraction of sp³-hybridized carbons (Fsp3) is 0.0588. The topological polar surface area (TPSA) is 237 Å². The van der Waals surface area contributed by atoms with Gasteiger partial charge in [0.05, 0.1) is 4.90 Å². The summed E-state index contributed by atoms with van der Waals surface area (Å²) in [4.78, 5) is 23.6. The molecule has 0 atom stereocenters. The molecule has 2 aromatic heterocycles. The van der Waals surface area contributed by atoms with Crippen molar-refractivity contribution < 1.29 is 27.4 Å². The summed E-state index contributed by atoms with van der Waals surface area (Å²) in [6.07, 6.45) is 2.44. The van der Waals surface area contributed by atoms with Crippen molar-refractivity contribution in [3.8, 4) is 0 Å². The molecule has 0 saturated heterocycles. The molecule has 6 aromatic rings. The summed E-state index contributed by atoms with van der Waals surface area (Å²) in [6, 6.07) is 22.5. The summed E-state index contributed by atoms with van der Waals surface area (Å²) >= 11 is 12.2. The summed E-state index contributed by atoms with van der Waals surface area (Å²) in [5, 5.41) is 11.4. The van der Waals surface area contributed by atoms with E-state index < -0.39 is 30.0 Å². The summed E-state index contributed by atoms with van der Waals surface area (Å²) in [6.45, 7) is 3.78. The molecular formula is C34H29Cl2N10NaO6S2. The number of anilines is 8. The van der Waals surface area contributed by atoms with Crippen molar-refractivity contribution in [3.63, 3.8) is 0 Å². The maximum absolute atomic E-state index is 12.5. The molecule has 2 heterocycles. The van der Waals surface area contributed by atoms with E-state index >= 15 is 0 Å². The molecule has 0 saturated carbocycles. The van der Waals surface area contributed by atoms with Crippen LogP contribution in [0.1, 0.15) is 23.7 Å². The zero-order chi connectivity index (χ0) is 38.6. The Balaban J connectivity index is 0.00000348. The first-order valence-electron chi connectivity index (χ1n) is 15.5. The Morgan fingerprint density at radius 1 is 0.600 bits per heavy atom. The van der Waals surface area contributed by atoms with Crippen LogP contribution in [0.4, 0.5) is 46.5 Å². The van der Waals surface area contributed by atoms with Gasteiger partial charge in [0.25, 0.3) is 10.1 Å². The molecule has 0 aliphatic carbocycles. The van der Waals surface area contributed by atoms with E-state index in [1.807, 2.05) is 62.4 Å². The summed E-state index contributed by atoms with van der Waals surface area (Å²) in [7, 11) is -9.90. The first kappa shape index (κ1) is 41.4. The Morgan fingerprint density at radius 2 is 0.982 bits per heavy atom. The van der Waals surface area contributed by atoms with Gasteiger partial charge in [0.2, 0.25) is 34.4 Å². The van der Waals surface area contributed by atoms with Crippen molar-refractivity contribution in [1.29, 1.82) is 0 Å². The van der Waals surface area contributed by atoms with Gasteiger partial charge in [-0.05, 0) is 95.7 Å². The maximum atomic E-state index is 12.5. The van der Waals surface area contributed by atoms with Crippen LogP contribution in [0.5, 0.6) is 0 Å². The molecular weight excluding hydrogens is 802 g/mol. The van der Waals surface area contributed by atoms with Gasteiger partial charge in [0.15, 0.2) is 0 Å². The number of benzene rings is 4. The van der Waals surface area contributed by atoms with Gasteiger partial charge < -0.3 is 25.8 Å². The first-order valence-corrected chi connectivity index (χ1v) is 19.1. The van der Waals surface area contributed by atoms with Gasteiger partial charge >= 0.3 is 31.0 Å². The van der Waals surface area contributed by atoms with E-state index in [0.29, 0.717) is 0 Å². The van der Waals surface area contributed by atoms with E-state index in [1.54, 1.807) is 0 Å². The molecule has 16 nitrogen and oxygen atoms in total. The molecule has 0 bridgehead atoms. The van der Waals surface area contributed by atoms with Crippen LogP contribution in [0.3, 0.4) is 0 Å². The van der Waals surface area contributed by atoms with Crippen LogP contribution < -0.4 is 21.3 Å². The Hall–Kier alpha value is -4.76. The SMILES string of the molecule is Cc1ccccc1Nc1nc(Cl)nc(Nc2ccc(C=Cc3ccc(Nc4nc(Cl)nc(Nc5ccccc5C)n4)cc3S(=O)(=O)O)c(S(=O)(=O)[O-])c2)n1.[H+].[NaH]. The Kier molecular flexibility index (Phi) is 13.1. The van der Waals surface area contributed by atoms with Gasteiger partial charge in [-0.15, -0.1) is 0 Å². The second kappa shape index (κ2) is 17.4. The van der Waals surface area contributed by atoms with Crippen LogP contribution in [-0.4, -0.2) is 85.4 Å². The average Bonchev–Trinajstić information content (AvgIpc) is 3.09. The van der Waals surface area contributed by atoms with Crippen molar-refractivity contribution >= 4 is 132 Å². The Morgan fingerprint density at radius 3 is 1.38 bits per heavy atom. The molecule has 21 heteroatoms. The van der Waals surface area contributed by atoms with Crippen molar-refractivity contribution in [2.24, 2.45) is 0 Å². The van der Waals surface area contributed by atoms with Crippen LogP contribution in [0.25, 0.3) is 12.2 Å². The van der Waals surface area contributed by atoms with E-state index in [9.17, 15) is 25.9 Å². The summed E-state index contributed by atoms with van der Waals surface area (Å²) < 4.78 is 72.1. The molecule has 0 fully saturated rings. The van der Waals surface area contributed by atoms with Gasteiger partial charge in [-0.3, -0.25) is 4.55 Å². The quantitative estimate of drug-likeness (QED) is 0.0488. The molecule has 6 rings (SSSR count). The third-order valence-corrected chi connectivity index (χ3v) is 9.67. The number of nitrogens with zero attached hydrogens (tertiary/aromatic N) is 6. The van der Waals surface area contributed by atoms with E-state index in [2.05, 4.69) is 51.2 Å². The average molecular weight is 832 g/mol. The minimum atomic E-state index is -5.07. The Bertz CT molecular complexity index is 2480. The number of hydrogen-bond acceptors (Lipinski definition) is 15. The fourth-order valence-electron chi connectivity index (χ4n) is 4.97. The van der Waals surface area contributed by atoms with Gasteiger partial charge in [0, 0.05) is 22.7 Å². The summed E-state index contributed by atoms with van der Waals surface area (Å²) in [5.41, 5.74) is 3.43. The fourth-order valence-corrected chi connectivity index (χ4v) is 6.69.